The van der Waals surface area contributed by atoms with Crippen molar-refractivity contribution >= 4 is 29.6 Å². The van der Waals surface area contributed by atoms with E-state index in [0.29, 0.717) is 44.2 Å². The molecule has 0 aromatic heterocycles. The summed E-state index contributed by atoms with van der Waals surface area (Å²) in [4.78, 5) is 52.7. The van der Waals surface area contributed by atoms with E-state index in [1.165, 1.54) is 9.80 Å². The van der Waals surface area contributed by atoms with Gasteiger partial charge >= 0.3 is 12.1 Å². The molecular weight excluding hydrogens is 394 g/mol. The molecule has 30 heavy (non-hydrogen) atoms. The second kappa shape index (κ2) is 9.95. The van der Waals surface area contributed by atoms with Gasteiger partial charge in [0.05, 0.1) is 18.7 Å². The minimum atomic E-state index is -0.565. The van der Waals surface area contributed by atoms with Gasteiger partial charge in [0.2, 0.25) is 0 Å². The minimum absolute atomic E-state index is 0.0377. The van der Waals surface area contributed by atoms with Gasteiger partial charge in [-0.3, -0.25) is 14.4 Å². The Morgan fingerprint density at radius 2 is 1.73 bits per heavy atom. The lowest BCUT2D eigenvalue weighted by Gasteiger charge is -2.33. The van der Waals surface area contributed by atoms with Crippen LogP contribution in [0.5, 0.6) is 5.75 Å². The van der Waals surface area contributed by atoms with Gasteiger partial charge in [-0.2, -0.15) is 0 Å². The molecule has 1 aromatic carbocycles. The fourth-order valence-corrected chi connectivity index (χ4v) is 3.26. The normalized spacial score (nSPS) is 15.9. The summed E-state index contributed by atoms with van der Waals surface area (Å²) in [6.45, 7) is 3.19. The van der Waals surface area contributed by atoms with Crippen molar-refractivity contribution in [1.29, 1.82) is 0 Å². The zero-order valence-electron chi connectivity index (χ0n) is 16.9. The SMILES string of the molecule is CCOC(=O)N1CCN(C(=O)COC(=O)CCN2C(=O)COc3ccccc32)CC1. The molecule has 0 N–H and O–H groups in total. The number of para-hydroxylation sites is 2. The van der Waals surface area contributed by atoms with Gasteiger partial charge in [0, 0.05) is 32.7 Å². The van der Waals surface area contributed by atoms with Crippen LogP contribution in [0.2, 0.25) is 0 Å². The fourth-order valence-electron chi connectivity index (χ4n) is 3.26. The third-order valence-electron chi connectivity index (χ3n) is 4.86. The van der Waals surface area contributed by atoms with E-state index >= 15 is 0 Å². The molecule has 3 rings (SSSR count). The molecule has 1 fully saturated rings. The van der Waals surface area contributed by atoms with Crippen LogP contribution < -0.4 is 9.64 Å². The lowest BCUT2D eigenvalue weighted by molar-refractivity contribution is -0.152. The van der Waals surface area contributed by atoms with Crippen molar-refractivity contribution in [2.24, 2.45) is 0 Å². The number of nitrogens with zero attached hydrogens (tertiary/aromatic N) is 3. The van der Waals surface area contributed by atoms with E-state index in [1.54, 1.807) is 36.1 Å². The van der Waals surface area contributed by atoms with Crippen LogP contribution in [0.3, 0.4) is 0 Å². The molecule has 0 atom stereocenters. The highest BCUT2D eigenvalue weighted by Crippen LogP contribution is 2.31. The van der Waals surface area contributed by atoms with E-state index < -0.39 is 12.1 Å². The number of esters is 1. The van der Waals surface area contributed by atoms with Gasteiger partial charge in [0.25, 0.3) is 11.8 Å². The summed E-state index contributed by atoms with van der Waals surface area (Å²) in [6.07, 6.45) is -0.431. The molecule has 10 heteroatoms. The Balaban J connectivity index is 1.41. The lowest BCUT2D eigenvalue weighted by atomic mass is 10.2. The average Bonchev–Trinajstić information content (AvgIpc) is 2.77. The Labute approximate surface area is 174 Å². The maximum Gasteiger partial charge on any atom is 0.409 e. The smallest absolute Gasteiger partial charge is 0.409 e. The van der Waals surface area contributed by atoms with Crippen molar-refractivity contribution in [3.8, 4) is 5.75 Å². The largest absolute Gasteiger partial charge is 0.482 e. The molecule has 0 bridgehead atoms. The van der Waals surface area contributed by atoms with Crippen molar-refractivity contribution in [3.05, 3.63) is 24.3 Å². The molecule has 0 aliphatic carbocycles. The second-order valence-corrected chi connectivity index (χ2v) is 6.78. The maximum absolute atomic E-state index is 12.3. The molecule has 2 heterocycles. The van der Waals surface area contributed by atoms with Crippen LogP contribution in [0, 0.1) is 0 Å². The first-order chi connectivity index (χ1) is 14.5. The lowest BCUT2D eigenvalue weighted by Crippen LogP contribution is -2.51. The molecular formula is C20H25N3O7. The van der Waals surface area contributed by atoms with Gasteiger partial charge in [-0.05, 0) is 19.1 Å². The van der Waals surface area contributed by atoms with Crippen molar-refractivity contribution in [2.75, 3.05) is 57.4 Å². The molecule has 162 valence electrons. The van der Waals surface area contributed by atoms with Gasteiger partial charge in [-0.25, -0.2) is 4.79 Å². The third-order valence-corrected chi connectivity index (χ3v) is 4.86. The van der Waals surface area contributed by atoms with Crippen LogP contribution in [0.1, 0.15) is 13.3 Å². The number of rotatable bonds is 6. The number of hydrogen-bond donors (Lipinski definition) is 0. The monoisotopic (exact) mass is 419 g/mol. The quantitative estimate of drug-likeness (QED) is 0.623. The Morgan fingerprint density at radius 3 is 2.47 bits per heavy atom. The van der Waals surface area contributed by atoms with Crippen molar-refractivity contribution < 1.29 is 33.4 Å². The van der Waals surface area contributed by atoms with Crippen molar-refractivity contribution in [2.45, 2.75) is 13.3 Å². The Bertz CT molecular complexity index is 805. The molecule has 2 aliphatic rings. The molecule has 2 aliphatic heterocycles. The topological polar surface area (TPSA) is 106 Å². The number of piperazine rings is 1. The summed E-state index contributed by atoms with van der Waals surface area (Å²) >= 11 is 0. The first kappa shape index (κ1) is 21.4. The summed E-state index contributed by atoms with van der Waals surface area (Å²) in [5, 5.41) is 0. The first-order valence-corrected chi connectivity index (χ1v) is 9.87. The van der Waals surface area contributed by atoms with Crippen LogP contribution in [0.15, 0.2) is 24.3 Å². The van der Waals surface area contributed by atoms with E-state index in [0.717, 1.165) is 0 Å². The zero-order valence-corrected chi connectivity index (χ0v) is 16.9. The molecule has 0 spiro atoms. The predicted octanol–water partition coefficient (Wildman–Crippen LogP) is 0.646. The van der Waals surface area contributed by atoms with Gasteiger partial charge in [-0.15, -0.1) is 0 Å². The van der Waals surface area contributed by atoms with Crippen LogP contribution in [-0.4, -0.2) is 86.2 Å². The number of carbonyl (C=O) groups excluding carboxylic acids is 4. The number of amides is 3. The molecule has 1 aromatic rings. The van der Waals surface area contributed by atoms with E-state index in [1.807, 2.05) is 0 Å². The summed E-state index contributed by atoms with van der Waals surface area (Å²) in [7, 11) is 0. The van der Waals surface area contributed by atoms with Crippen LogP contribution in [0.25, 0.3) is 0 Å². The van der Waals surface area contributed by atoms with Gasteiger partial charge in [0.1, 0.15) is 5.75 Å². The Kier molecular flexibility index (Phi) is 7.10. The number of ether oxygens (including phenoxy) is 3. The minimum Gasteiger partial charge on any atom is -0.482 e. The van der Waals surface area contributed by atoms with Crippen LogP contribution in [0.4, 0.5) is 10.5 Å². The summed E-state index contributed by atoms with van der Waals surface area (Å²) in [5.41, 5.74) is 0.608. The van der Waals surface area contributed by atoms with Crippen molar-refractivity contribution in [1.82, 2.24) is 9.80 Å². The number of benzene rings is 1. The highest BCUT2D eigenvalue weighted by atomic mass is 16.6. The average molecular weight is 419 g/mol. The third kappa shape index (κ3) is 5.19. The van der Waals surface area contributed by atoms with Gasteiger partial charge < -0.3 is 28.9 Å². The summed E-state index contributed by atoms with van der Waals surface area (Å²) < 4.78 is 15.4. The molecule has 0 saturated carbocycles. The number of hydrogen-bond acceptors (Lipinski definition) is 7. The predicted molar refractivity (Wildman–Crippen MR) is 105 cm³/mol. The Hall–Kier alpha value is -3.30. The molecule has 3 amide bonds. The molecule has 0 unspecified atom stereocenters. The standard InChI is InChI=1S/C20H25N3O7/c1-2-28-20(27)22-11-9-21(10-12-22)17(24)13-30-19(26)7-8-23-15-5-3-4-6-16(15)29-14-18(23)25/h3-6H,2,7-14H2,1H3. The van der Waals surface area contributed by atoms with E-state index in [2.05, 4.69) is 0 Å². The highest BCUT2D eigenvalue weighted by Gasteiger charge is 2.27. The fraction of sp³-hybridized carbons (Fsp3) is 0.500. The van der Waals surface area contributed by atoms with E-state index in [4.69, 9.17) is 14.2 Å². The van der Waals surface area contributed by atoms with Gasteiger partial charge in [0.15, 0.2) is 13.2 Å². The highest BCUT2D eigenvalue weighted by molar-refractivity contribution is 5.98. The van der Waals surface area contributed by atoms with Gasteiger partial charge in [-0.1, -0.05) is 12.1 Å². The number of anilines is 1. The van der Waals surface area contributed by atoms with E-state index in [-0.39, 0.29) is 38.0 Å². The van der Waals surface area contributed by atoms with Crippen molar-refractivity contribution in [3.63, 3.8) is 0 Å². The molecule has 1 saturated heterocycles. The molecule has 0 radical (unpaired) electrons. The molecule has 10 nitrogen and oxygen atoms in total. The summed E-state index contributed by atoms with van der Waals surface area (Å²) in [5.74, 6) is -0.537. The summed E-state index contributed by atoms with van der Waals surface area (Å²) in [6, 6.07) is 7.09. The Morgan fingerprint density at radius 1 is 1.03 bits per heavy atom. The second-order valence-electron chi connectivity index (χ2n) is 6.78. The van der Waals surface area contributed by atoms with Crippen LogP contribution in [-0.2, 0) is 23.9 Å². The van der Waals surface area contributed by atoms with E-state index in [9.17, 15) is 19.2 Å². The number of fused-ring (bicyclic) bond motifs is 1. The first-order valence-electron chi connectivity index (χ1n) is 9.87. The van der Waals surface area contributed by atoms with Crippen LogP contribution >= 0.6 is 0 Å². The maximum atomic E-state index is 12.3. The number of carbonyl (C=O) groups is 4. The zero-order chi connectivity index (χ0) is 21.5.